The predicted octanol–water partition coefficient (Wildman–Crippen LogP) is 5.69. The fraction of sp³-hybridized carbons (Fsp3) is 0.281. The third-order valence-electron chi connectivity index (χ3n) is 7.75. The zero-order valence-corrected chi connectivity index (χ0v) is 25.1. The smallest absolute Gasteiger partial charge is 0.411 e. The van der Waals surface area contributed by atoms with Crippen LogP contribution in [0, 0.1) is 0 Å². The first-order valence-electron chi connectivity index (χ1n) is 14.1. The minimum atomic E-state index is -3.70. The number of sulfone groups is 1. The van der Waals surface area contributed by atoms with E-state index in [-0.39, 0.29) is 10.8 Å². The average molecular weight is 602 g/mol. The first kappa shape index (κ1) is 29.8. The summed E-state index contributed by atoms with van der Waals surface area (Å²) in [7, 11) is -2.45. The molecule has 0 unspecified atom stereocenters. The molecule has 3 aromatic carbocycles. The third kappa shape index (κ3) is 6.12. The van der Waals surface area contributed by atoms with Gasteiger partial charge in [-0.2, -0.15) is 0 Å². The predicted molar refractivity (Wildman–Crippen MR) is 167 cm³/mol. The van der Waals surface area contributed by atoms with E-state index in [1.54, 1.807) is 31.0 Å². The molecule has 0 radical (unpaired) electrons. The number of aromatic nitrogens is 1. The van der Waals surface area contributed by atoms with E-state index < -0.39 is 33.3 Å². The highest BCUT2D eigenvalue weighted by molar-refractivity contribution is 7.92. The van der Waals surface area contributed by atoms with E-state index in [0.29, 0.717) is 36.5 Å². The molecular weight excluding hydrogens is 566 g/mol. The third-order valence-corrected chi connectivity index (χ3v) is 9.98. The Labute approximate surface area is 251 Å². The second-order valence-corrected chi connectivity index (χ2v) is 13.2. The minimum Gasteiger partial charge on any atom is -0.453 e. The molecular formula is C32H35N5O5S. The molecule has 1 aromatic heterocycles. The molecule has 0 aliphatic carbocycles. The summed E-state index contributed by atoms with van der Waals surface area (Å²) in [5.41, 5.74) is 8.38. The van der Waals surface area contributed by atoms with Gasteiger partial charge in [-0.1, -0.05) is 30.3 Å². The summed E-state index contributed by atoms with van der Waals surface area (Å²) in [5.74, 6) is 0.234. The highest BCUT2D eigenvalue weighted by Gasteiger charge is 2.38. The fourth-order valence-electron chi connectivity index (χ4n) is 5.48. The average Bonchev–Trinajstić information content (AvgIpc) is 3.50. The Bertz CT molecular complexity index is 1760. The van der Waals surface area contributed by atoms with Gasteiger partial charge in [0, 0.05) is 29.5 Å². The number of pyridine rings is 1. The molecule has 5 rings (SSSR count). The van der Waals surface area contributed by atoms with Gasteiger partial charge < -0.3 is 20.7 Å². The van der Waals surface area contributed by atoms with E-state index in [2.05, 4.69) is 15.6 Å². The van der Waals surface area contributed by atoms with Crippen molar-refractivity contribution in [2.24, 2.45) is 0 Å². The van der Waals surface area contributed by atoms with Crippen LogP contribution in [0.5, 0.6) is 0 Å². The Morgan fingerprint density at radius 1 is 1.02 bits per heavy atom. The first-order valence-corrected chi connectivity index (χ1v) is 15.6. The number of nitrogens with zero attached hydrogens (tertiary/aromatic N) is 2. The quantitative estimate of drug-likeness (QED) is 0.234. The summed E-state index contributed by atoms with van der Waals surface area (Å²) >= 11 is 0. The number of likely N-dealkylation sites (tertiary alicyclic amines) is 1. The minimum absolute atomic E-state index is 0.146. The number of methoxy groups -OCH3 is 1. The van der Waals surface area contributed by atoms with Gasteiger partial charge in [0.15, 0.2) is 9.84 Å². The van der Waals surface area contributed by atoms with Crippen LogP contribution in [0.2, 0.25) is 0 Å². The summed E-state index contributed by atoms with van der Waals surface area (Å²) in [4.78, 5) is 32.4. The lowest BCUT2D eigenvalue weighted by Crippen LogP contribution is -2.38. The second-order valence-electron chi connectivity index (χ2n) is 10.8. The molecule has 0 saturated carbocycles. The summed E-state index contributed by atoms with van der Waals surface area (Å²) in [6, 6.07) is 20.3. The molecule has 2 amide bonds. The summed E-state index contributed by atoms with van der Waals surface area (Å²) in [6.07, 6.45) is 2.22. The van der Waals surface area contributed by atoms with Crippen molar-refractivity contribution in [2.45, 2.75) is 48.9 Å². The monoisotopic (exact) mass is 601 g/mol. The Morgan fingerprint density at radius 2 is 1.77 bits per heavy atom. The van der Waals surface area contributed by atoms with Crippen LogP contribution in [0.4, 0.5) is 22.0 Å². The zero-order chi connectivity index (χ0) is 30.7. The number of amides is 2. The number of rotatable bonds is 8. The van der Waals surface area contributed by atoms with Gasteiger partial charge in [0.2, 0.25) is 5.91 Å². The van der Waals surface area contributed by atoms with E-state index >= 15 is 0 Å². The molecule has 0 bridgehead atoms. The molecule has 1 aliphatic heterocycles. The molecule has 2 heterocycles. The summed E-state index contributed by atoms with van der Waals surface area (Å²) in [6.45, 7) is 3.70. The molecule has 4 N–H and O–H groups in total. The highest BCUT2D eigenvalue weighted by Crippen LogP contribution is 2.40. The molecule has 43 heavy (non-hydrogen) atoms. The van der Waals surface area contributed by atoms with Gasteiger partial charge in [-0.15, -0.1) is 0 Å². The fourth-order valence-corrected chi connectivity index (χ4v) is 6.77. The molecule has 4 aromatic rings. The van der Waals surface area contributed by atoms with Crippen LogP contribution in [0.25, 0.3) is 10.8 Å². The van der Waals surface area contributed by atoms with Crippen LogP contribution in [0.3, 0.4) is 0 Å². The molecule has 1 saturated heterocycles. The van der Waals surface area contributed by atoms with Crippen molar-refractivity contribution in [3.8, 4) is 0 Å². The largest absolute Gasteiger partial charge is 0.453 e. The van der Waals surface area contributed by atoms with Gasteiger partial charge >= 0.3 is 6.09 Å². The van der Waals surface area contributed by atoms with Gasteiger partial charge in [0.25, 0.3) is 0 Å². The highest BCUT2D eigenvalue weighted by atomic mass is 32.2. The Morgan fingerprint density at radius 3 is 2.49 bits per heavy atom. The van der Waals surface area contributed by atoms with Crippen molar-refractivity contribution in [3.05, 3.63) is 90.1 Å². The number of anilines is 3. The number of hydrogen-bond acceptors (Lipinski definition) is 8. The van der Waals surface area contributed by atoms with Crippen LogP contribution in [-0.4, -0.2) is 49.2 Å². The van der Waals surface area contributed by atoms with Gasteiger partial charge in [0.1, 0.15) is 11.9 Å². The number of nitrogens with one attached hydrogen (secondary N) is 2. The molecule has 10 nitrogen and oxygen atoms in total. The molecule has 0 spiro atoms. The standard InChI is InChI=1S/C32H35N5O5S/c1-20(2)43(40,41)28-14-12-24(36-32(39)42-3)19-26(28)27-10-7-17-37(27)31(38)29(21-8-5-4-6-9-21)35-23-11-13-25-22(18-23)15-16-34-30(25)33/h4-6,8-9,11-16,18-20,27,29,35H,7,10,17H2,1-3H3,(H2,33,34)(H,36,39)/t27-,29-/m1/s1. The molecule has 1 aliphatic rings. The van der Waals surface area contributed by atoms with Crippen LogP contribution in [0.1, 0.15) is 49.9 Å². The van der Waals surface area contributed by atoms with E-state index in [0.717, 1.165) is 22.0 Å². The van der Waals surface area contributed by atoms with Crippen molar-refractivity contribution in [3.63, 3.8) is 0 Å². The first-order chi connectivity index (χ1) is 20.6. The van der Waals surface area contributed by atoms with Gasteiger partial charge in [-0.25, -0.2) is 18.2 Å². The van der Waals surface area contributed by atoms with E-state index in [9.17, 15) is 18.0 Å². The van der Waals surface area contributed by atoms with Crippen molar-refractivity contribution in [2.75, 3.05) is 30.0 Å². The number of hydrogen-bond donors (Lipinski definition) is 3. The van der Waals surface area contributed by atoms with E-state index in [1.807, 2.05) is 54.6 Å². The maximum absolute atomic E-state index is 14.4. The van der Waals surface area contributed by atoms with E-state index in [1.165, 1.54) is 19.2 Å². The zero-order valence-electron chi connectivity index (χ0n) is 24.3. The van der Waals surface area contributed by atoms with Crippen LogP contribution >= 0.6 is 0 Å². The van der Waals surface area contributed by atoms with Crippen molar-refractivity contribution >= 4 is 49.8 Å². The molecule has 2 atom stereocenters. The number of carbonyl (C=O) groups is 2. The number of benzene rings is 3. The Hall–Kier alpha value is -4.64. The van der Waals surface area contributed by atoms with Crippen LogP contribution < -0.4 is 16.4 Å². The number of nitrogen functional groups attached to an aromatic ring is 1. The van der Waals surface area contributed by atoms with Crippen LogP contribution in [-0.2, 0) is 19.4 Å². The SMILES string of the molecule is COC(=O)Nc1ccc(S(=O)(=O)C(C)C)c([C@H]2CCCN2C(=O)[C@H](Nc2ccc3c(N)nccc3c2)c2ccccc2)c1. The van der Waals surface area contributed by atoms with Gasteiger partial charge in [0.05, 0.1) is 23.3 Å². The van der Waals surface area contributed by atoms with Crippen molar-refractivity contribution in [1.29, 1.82) is 0 Å². The summed E-state index contributed by atoms with van der Waals surface area (Å²) < 4.78 is 31.7. The lowest BCUT2D eigenvalue weighted by atomic mass is 10.0. The number of ether oxygens (including phenoxy) is 1. The number of nitrogens with two attached hydrogens (primary N) is 1. The normalized spacial score (nSPS) is 15.8. The van der Waals surface area contributed by atoms with Crippen LogP contribution in [0.15, 0.2) is 83.9 Å². The lowest BCUT2D eigenvalue weighted by Gasteiger charge is -2.31. The summed E-state index contributed by atoms with van der Waals surface area (Å²) in [5, 5.41) is 7.07. The topological polar surface area (TPSA) is 144 Å². The Kier molecular flexibility index (Phi) is 8.54. The maximum atomic E-state index is 14.4. The molecule has 11 heteroatoms. The van der Waals surface area contributed by atoms with Crippen molar-refractivity contribution < 1.29 is 22.7 Å². The van der Waals surface area contributed by atoms with Gasteiger partial charge in [-0.05, 0) is 85.7 Å². The van der Waals surface area contributed by atoms with Gasteiger partial charge in [-0.3, -0.25) is 10.1 Å². The maximum Gasteiger partial charge on any atom is 0.411 e. The molecule has 1 fully saturated rings. The van der Waals surface area contributed by atoms with E-state index in [4.69, 9.17) is 10.5 Å². The number of fused-ring (bicyclic) bond motifs is 1. The molecule has 224 valence electrons. The van der Waals surface area contributed by atoms with Crippen molar-refractivity contribution in [1.82, 2.24) is 9.88 Å². The number of carbonyl (C=O) groups excluding carboxylic acids is 2. The lowest BCUT2D eigenvalue weighted by molar-refractivity contribution is -0.133. The second kappa shape index (κ2) is 12.3. The Balaban J connectivity index is 1.55.